The quantitative estimate of drug-likeness (QED) is 0.752. The molecule has 1 amide bonds. The van der Waals surface area contributed by atoms with Crippen molar-refractivity contribution in [3.05, 3.63) is 71.9 Å². The lowest BCUT2D eigenvalue weighted by molar-refractivity contribution is -0.121. The first kappa shape index (κ1) is 16.0. The van der Waals surface area contributed by atoms with Crippen LogP contribution >= 0.6 is 0 Å². The molecule has 0 unspecified atom stereocenters. The van der Waals surface area contributed by atoms with Gasteiger partial charge in [-0.05, 0) is 31.7 Å². The van der Waals surface area contributed by atoms with Crippen molar-refractivity contribution in [2.24, 2.45) is 0 Å². The molecule has 0 aliphatic rings. The zero-order valence-corrected chi connectivity index (χ0v) is 13.6. The summed E-state index contributed by atoms with van der Waals surface area (Å²) in [7, 11) is 1.88. The molecule has 3 rings (SSSR count). The minimum absolute atomic E-state index is 0.177. The zero-order valence-electron chi connectivity index (χ0n) is 13.6. The van der Waals surface area contributed by atoms with Crippen LogP contribution in [0.4, 0.5) is 5.82 Å². The highest BCUT2D eigenvalue weighted by molar-refractivity contribution is 5.94. The van der Waals surface area contributed by atoms with Crippen LogP contribution in [-0.4, -0.2) is 23.0 Å². The summed E-state index contributed by atoms with van der Waals surface area (Å²) in [6.07, 6.45) is 1.62. The summed E-state index contributed by atoms with van der Waals surface area (Å²) < 4.78 is 10.4. The van der Waals surface area contributed by atoms with E-state index in [0.29, 0.717) is 18.1 Å². The van der Waals surface area contributed by atoms with Gasteiger partial charge >= 0.3 is 0 Å². The van der Waals surface area contributed by atoms with E-state index in [4.69, 9.17) is 8.94 Å². The fourth-order valence-electron chi connectivity index (χ4n) is 2.60. The maximum atomic E-state index is 12.8. The molecule has 0 aliphatic heterocycles. The van der Waals surface area contributed by atoms with Crippen LogP contribution in [0.3, 0.4) is 0 Å². The van der Waals surface area contributed by atoms with Crippen LogP contribution in [0.1, 0.15) is 23.1 Å². The van der Waals surface area contributed by atoms with E-state index in [1.165, 1.54) is 0 Å². The minimum atomic E-state index is -0.478. The number of amides is 1. The number of carbonyl (C=O) groups is 1. The molecular formula is C18H19N3O3. The Hall–Kier alpha value is -2.86. The normalized spacial score (nSPS) is 12.3. The number of aromatic nitrogens is 1. The summed E-state index contributed by atoms with van der Waals surface area (Å²) in [5, 5.41) is 6.63. The highest BCUT2D eigenvalue weighted by atomic mass is 16.5. The van der Waals surface area contributed by atoms with Gasteiger partial charge in [0.1, 0.15) is 17.6 Å². The van der Waals surface area contributed by atoms with Crippen LogP contribution < -0.4 is 5.32 Å². The summed E-state index contributed by atoms with van der Waals surface area (Å²) in [5.74, 6) is 1.67. The Balaban J connectivity index is 1.82. The topological polar surface area (TPSA) is 71.5 Å². The van der Waals surface area contributed by atoms with Crippen molar-refractivity contribution >= 4 is 11.7 Å². The van der Waals surface area contributed by atoms with Gasteiger partial charge in [-0.25, -0.2) is 0 Å². The molecule has 0 fully saturated rings. The van der Waals surface area contributed by atoms with Gasteiger partial charge in [-0.1, -0.05) is 35.5 Å². The van der Waals surface area contributed by atoms with Gasteiger partial charge in [0.15, 0.2) is 5.82 Å². The molecule has 0 saturated heterocycles. The number of benzene rings is 1. The number of hydrogen-bond donors (Lipinski definition) is 1. The summed E-state index contributed by atoms with van der Waals surface area (Å²) in [4.78, 5) is 14.8. The third-order valence-electron chi connectivity index (χ3n) is 3.67. The molecule has 2 aromatic heterocycles. The molecule has 124 valence electrons. The Morgan fingerprint density at radius 2 is 2.04 bits per heavy atom. The number of aryl methyl sites for hydroxylation is 1. The number of hydrogen-bond acceptors (Lipinski definition) is 5. The van der Waals surface area contributed by atoms with Crippen molar-refractivity contribution in [3.8, 4) is 0 Å². The first-order valence-electron chi connectivity index (χ1n) is 7.65. The smallest absolute Gasteiger partial charge is 0.247 e. The first-order valence-corrected chi connectivity index (χ1v) is 7.65. The Bertz CT molecular complexity index is 781. The predicted octanol–water partition coefficient (Wildman–Crippen LogP) is 3.39. The molecule has 6 nitrogen and oxygen atoms in total. The molecular weight excluding hydrogens is 306 g/mol. The van der Waals surface area contributed by atoms with Crippen LogP contribution in [0, 0.1) is 6.92 Å². The highest BCUT2D eigenvalue weighted by Crippen LogP contribution is 2.23. The maximum Gasteiger partial charge on any atom is 0.247 e. The second-order valence-corrected chi connectivity index (χ2v) is 5.62. The molecule has 1 aromatic carbocycles. The number of nitrogens with one attached hydrogen (secondary N) is 1. The predicted molar refractivity (Wildman–Crippen MR) is 89.2 cm³/mol. The van der Waals surface area contributed by atoms with Gasteiger partial charge in [-0.15, -0.1) is 0 Å². The number of nitrogens with zero attached hydrogens (tertiary/aromatic N) is 2. The second-order valence-electron chi connectivity index (χ2n) is 5.62. The monoisotopic (exact) mass is 325 g/mol. The van der Waals surface area contributed by atoms with Crippen LogP contribution in [0.25, 0.3) is 0 Å². The fraction of sp³-hybridized carbons (Fsp3) is 0.222. The highest BCUT2D eigenvalue weighted by Gasteiger charge is 2.26. The Morgan fingerprint density at radius 1 is 1.25 bits per heavy atom. The van der Waals surface area contributed by atoms with Crippen LogP contribution in [0.5, 0.6) is 0 Å². The van der Waals surface area contributed by atoms with Crippen molar-refractivity contribution in [2.75, 3.05) is 12.4 Å². The number of likely N-dealkylation sites (N-methyl/N-ethyl adjacent to an activating group) is 1. The minimum Gasteiger partial charge on any atom is -0.468 e. The molecule has 24 heavy (non-hydrogen) atoms. The van der Waals surface area contributed by atoms with Gasteiger partial charge in [-0.3, -0.25) is 9.69 Å². The molecule has 1 N–H and O–H groups in total. The van der Waals surface area contributed by atoms with Gasteiger partial charge in [0.2, 0.25) is 5.91 Å². The number of rotatable bonds is 6. The Labute approximate surface area is 140 Å². The van der Waals surface area contributed by atoms with E-state index in [1.807, 2.05) is 54.4 Å². The van der Waals surface area contributed by atoms with Crippen LogP contribution in [0.2, 0.25) is 0 Å². The summed E-state index contributed by atoms with van der Waals surface area (Å²) in [6.45, 7) is 2.29. The fourth-order valence-corrected chi connectivity index (χ4v) is 2.60. The molecule has 0 spiro atoms. The molecule has 0 radical (unpaired) electrons. The Kier molecular flexibility index (Phi) is 4.77. The van der Waals surface area contributed by atoms with Gasteiger partial charge in [0, 0.05) is 6.07 Å². The average molecular weight is 325 g/mol. The van der Waals surface area contributed by atoms with Crippen molar-refractivity contribution in [3.63, 3.8) is 0 Å². The standard InChI is InChI=1S/C18H19N3O3/c1-13-11-16(20-24-13)19-18(22)17(14-7-4-3-5-8-14)21(2)12-15-9-6-10-23-15/h3-11,17H,12H2,1-2H3,(H,19,20,22)/t17-/m0/s1. The van der Waals surface area contributed by atoms with Crippen LogP contribution in [-0.2, 0) is 11.3 Å². The van der Waals surface area contributed by atoms with Gasteiger partial charge in [0.25, 0.3) is 0 Å². The van der Waals surface area contributed by atoms with E-state index in [1.54, 1.807) is 19.3 Å². The van der Waals surface area contributed by atoms with E-state index in [2.05, 4.69) is 10.5 Å². The molecule has 2 heterocycles. The van der Waals surface area contributed by atoms with Crippen LogP contribution in [0.15, 0.2) is 63.7 Å². The molecule has 6 heteroatoms. The van der Waals surface area contributed by atoms with E-state index in [0.717, 1.165) is 11.3 Å². The lowest BCUT2D eigenvalue weighted by Crippen LogP contribution is -2.34. The lowest BCUT2D eigenvalue weighted by atomic mass is 10.0. The number of furan rings is 1. The van der Waals surface area contributed by atoms with E-state index >= 15 is 0 Å². The van der Waals surface area contributed by atoms with Gasteiger partial charge in [-0.2, -0.15) is 0 Å². The third-order valence-corrected chi connectivity index (χ3v) is 3.67. The lowest BCUT2D eigenvalue weighted by Gasteiger charge is -2.26. The second kappa shape index (κ2) is 7.14. The molecule has 0 saturated carbocycles. The average Bonchev–Trinajstić information content (AvgIpc) is 3.20. The van der Waals surface area contributed by atoms with E-state index in [9.17, 15) is 4.79 Å². The number of anilines is 1. The largest absolute Gasteiger partial charge is 0.468 e. The Morgan fingerprint density at radius 3 is 2.67 bits per heavy atom. The number of carbonyl (C=O) groups excluding carboxylic acids is 1. The van der Waals surface area contributed by atoms with Crippen molar-refractivity contribution in [2.45, 2.75) is 19.5 Å². The summed E-state index contributed by atoms with van der Waals surface area (Å²) >= 11 is 0. The molecule has 3 aromatic rings. The van der Waals surface area contributed by atoms with E-state index < -0.39 is 6.04 Å². The molecule has 0 bridgehead atoms. The molecule has 1 atom stereocenters. The van der Waals surface area contributed by atoms with Crippen molar-refractivity contribution in [1.82, 2.24) is 10.1 Å². The van der Waals surface area contributed by atoms with Crippen molar-refractivity contribution in [1.29, 1.82) is 0 Å². The summed E-state index contributed by atoms with van der Waals surface area (Å²) in [5.41, 5.74) is 0.893. The summed E-state index contributed by atoms with van der Waals surface area (Å²) in [6, 6.07) is 14.5. The molecule has 0 aliphatic carbocycles. The van der Waals surface area contributed by atoms with E-state index in [-0.39, 0.29) is 5.91 Å². The maximum absolute atomic E-state index is 12.8. The third kappa shape index (κ3) is 3.72. The van der Waals surface area contributed by atoms with Gasteiger partial charge < -0.3 is 14.3 Å². The van der Waals surface area contributed by atoms with Gasteiger partial charge in [0.05, 0.1) is 12.8 Å². The first-order chi connectivity index (χ1) is 11.6. The zero-order chi connectivity index (χ0) is 16.9. The SMILES string of the molecule is Cc1cc(NC(=O)[C@H](c2ccccc2)N(C)Cc2ccco2)no1. The van der Waals surface area contributed by atoms with Crippen molar-refractivity contribution < 1.29 is 13.7 Å².